The molecule has 0 radical (unpaired) electrons. The third-order valence-electron chi connectivity index (χ3n) is 4.05. The van der Waals surface area contributed by atoms with E-state index in [2.05, 4.69) is 4.99 Å². The average Bonchev–Trinajstić information content (AvgIpc) is 3.33. The average molecular weight is 352 g/mol. The Kier molecular flexibility index (Phi) is 4.49. The number of carbonyl (C=O) groups excluding carboxylic acids is 1. The first-order valence-electron chi connectivity index (χ1n) is 7.87. The lowest BCUT2D eigenvalue weighted by atomic mass is 10.1. The second-order valence-electron chi connectivity index (χ2n) is 6.24. The lowest BCUT2D eigenvalue weighted by Gasteiger charge is -2.10. The molecule has 1 aromatic heterocycles. The first-order valence-corrected chi connectivity index (χ1v) is 7.87. The van der Waals surface area contributed by atoms with Crippen LogP contribution in [0.4, 0.5) is 17.6 Å². The van der Waals surface area contributed by atoms with Crippen LogP contribution in [-0.4, -0.2) is 10.5 Å². The van der Waals surface area contributed by atoms with E-state index in [0.29, 0.717) is 24.0 Å². The summed E-state index contributed by atoms with van der Waals surface area (Å²) >= 11 is 0. The van der Waals surface area contributed by atoms with E-state index >= 15 is 0 Å². The second kappa shape index (κ2) is 6.46. The van der Waals surface area contributed by atoms with Gasteiger partial charge in [-0.15, -0.1) is 0 Å². The van der Waals surface area contributed by atoms with Gasteiger partial charge in [0.2, 0.25) is 0 Å². The first kappa shape index (κ1) is 17.4. The summed E-state index contributed by atoms with van der Waals surface area (Å²) in [4.78, 5) is 16.1. The highest BCUT2D eigenvalue weighted by atomic mass is 19.4. The van der Waals surface area contributed by atoms with Gasteiger partial charge in [-0.2, -0.15) is 18.2 Å². The molecule has 0 atom stereocenters. The fraction of sp³-hybridized carbons (Fsp3) is 0.333. The third-order valence-corrected chi connectivity index (χ3v) is 4.05. The maximum absolute atomic E-state index is 14.1. The van der Waals surface area contributed by atoms with E-state index in [1.165, 1.54) is 0 Å². The molecule has 3 nitrogen and oxygen atoms in total. The van der Waals surface area contributed by atoms with Gasteiger partial charge in [0.25, 0.3) is 5.91 Å². The molecule has 1 aromatic carbocycles. The molecule has 2 aromatic rings. The molecule has 0 bridgehead atoms. The lowest BCUT2D eigenvalue weighted by molar-refractivity contribution is -0.140. The molecule has 1 aliphatic carbocycles. The molecular formula is C18H16F4N2O. The van der Waals surface area contributed by atoms with Gasteiger partial charge in [0, 0.05) is 12.7 Å². The van der Waals surface area contributed by atoms with Gasteiger partial charge in [-0.25, -0.2) is 4.39 Å². The maximum atomic E-state index is 14.1. The van der Waals surface area contributed by atoms with Crippen molar-refractivity contribution in [3.8, 4) is 0 Å². The molecule has 132 valence electrons. The van der Waals surface area contributed by atoms with Crippen LogP contribution in [0.2, 0.25) is 0 Å². The van der Waals surface area contributed by atoms with Crippen LogP contribution in [0.1, 0.15) is 34.3 Å². The third kappa shape index (κ3) is 3.97. The summed E-state index contributed by atoms with van der Waals surface area (Å²) < 4.78 is 54.3. The van der Waals surface area contributed by atoms with Crippen LogP contribution in [0.3, 0.4) is 0 Å². The van der Waals surface area contributed by atoms with Crippen molar-refractivity contribution in [3.63, 3.8) is 0 Å². The minimum atomic E-state index is -4.86. The molecule has 25 heavy (non-hydrogen) atoms. The summed E-state index contributed by atoms with van der Waals surface area (Å²) in [5.41, 5.74) is -0.881. The van der Waals surface area contributed by atoms with E-state index in [0.717, 1.165) is 30.5 Å². The SMILES string of the molecule is Cc1cc/c(=N\C(=O)c2cccc(C(F)(F)F)c2F)n(CC2CC2)c1. The zero-order chi connectivity index (χ0) is 18.2. The summed E-state index contributed by atoms with van der Waals surface area (Å²) in [6.45, 7) is 2.57. The van der Waals surface area contributed by atoms with Gasteiger partial charge in [0.15, 0.2) is 0 Å². The maximum Gasteiger partial charge on any atom is 0.419 e. The molecule has 1 amide bonds. The number of halogens is 4. The van der Waals surface area contributed by atoms with E-state index < -0.39 is 29.0 Å². The number of carbonyl (C=O) groups is 1. The number of alkyl halides is 3. The van der Waals surface area contributed by atoms with Crippen molar-refractivity contribution in [3.05, 3.63) is 64.5 Å². The van der Waals surface area contributed by atoms with Gasteiger partial charge in [-0.3, -0.25) is 4.79 Å². The number of rotatable bonds is 3. The van der Waals surface area contributed by atoms with Crippen LogP contribution in [0.15, 0.2) is 41.5 Å². The molecule has 0 N–H and O–H groups in total. The van der Waals surface area contributed by atoms with Crippen molar-refractivity contribution >= 4 is 5.91 Å². The summed E-state index contributed by atoms with van der Waals surface area (Å²) in [6.07, 6.45) is -0.851. The number of benzene rings is 1. The summed E-state index contributed by atoms with van der Waals surface area (Å²) in [6, 6.07) is 5.97. The molecule has 1 aliphatic rings. The standard InChI is InChI=1S/C18H16F4N2O/c1-11-5-8-15(24(9-11)10-12-6-7-12)23-17(25)13-3-2-4-14(16(13)19)18(20,21)22/h2-5,8-9,12H,6-7,10H2,1H3/b23-15+. The smallest absolute Gasteiger partial charge is 0.332 e. The highest BCUT2D eigenvalue weighted by Crippen LogP contribution is 2.32. The molecule has 7 heteroatoms. The topological polar surface area (TPSA) is 34.4 Å². The fourth-order valence-electron chi connectivity index (χ4n) is 2.56. The number of aryl methyl sites for hydroxylation is 1. The Bertz CT molecular complexity index is 879. The minimum absolute atomic E-state index is 0.305. The van der Waals surface area contributed by atoms with Gasteiger partial charge in [0.1, 0.15) is 11.3 Å². The highest BCUT2D eigenvalue weighted by Gasteiger charge is 2.35. The van der Waals surface area contributed by atoms with Gasteiger partial charge >= 0.3 is 6.18 Å². The van der Waals surface area contributed by atoms with Crippen molar-refractivity contribution in [1.82, 2.24) is 4.57 Å². The fourth-order valence-corrected chi connectivity index (χ4v) is 2.56. The van der Waals surface area contributed by atoms with Gasteiger partial charge in [-0.1, -0.05) is 12.1 Å². The van der Waals surface area contributed by atoms with Gasteiger partial charge in [-0.05, 0) is 49.4 Å². The molecule has 1 heterocycles. The van der Waals surface area contributed by atoms with Crippen LogP contribution in [0, 0.1) is 18.7 Å². The van der Waals surface area contributed by atoms with E-state index in [-0.39, 0.29) is 0 Å². The number of aromatic nitrogens is 1. The van der Waals surface area contributed by atoms with Crippen molar-refractivity contribution in [1.29, 1.82) is 0 Å². The summed E-state index contributed by atoms with van der Waals surface area (Å²) in [5.74, 6) is -2.11. The molecule has 1 fully saturated rings. The Hall–Kier alpha value is -2.44. The van der Waals surface area contributed by atoms with Crippen molar-refractivity contribution in [2.45, 2.75) is 32.5 Å². The zero-order valence-corrected chi connectivity index (χ0v) is 13.5. The number of pyridine rings is 1. The molecule has 1 saturated carbocycles. The predicted octanol–water partition coefficient (Wildman–Crippen LogP) is 4.11. The molecule has 0 spiro atoms. The molecule has 0 aliphatic heterocycles. The quantitative estimate of drug-likeness (QED) is 0.766. The number of hydrogen-bond donors (Lipinski definition) is 0. The van der Waals surface area contributed by atoms with Crippen molar-refractivity contribution < 1.29 is 22.4 Å². The van der Waals surface area contributed by atoms with Gasteiger partial charge < -0.3 is 4.57 Å². The normalized spacial score (nSPS) is 15.5. The largest absolute Gasteiger partial charge is 0.419 e. The van der Waals surface area contributed by atoms with E-state index in [4.69, 9.17) is 0 Å². The first-order chi connectivity index (χ1) is 11.8. The Morgan fingerprint density at radius 3 is 2.60 bits per heavy atom. The molecule has 3 rings (SSSR count). The number of hydrogen-bond acceptors (Lipinski definition) is 1. The summed E-state index contributed by atoms with van der Waals surface area (Å²) in [5, 5.41) is 0. The zero-order valence-electron chi connectivity index (χ0n) is 13.5. The van der Waals surface area contributed by atoms with Gasteiger partial charge in [0.05, 0.1) is 11.1 Å². The summed E-state index contributed by atoms with van der Waals surface area (Å²) in [7, 11) is 0. The van der Waals surface area contributed by atoms with E-state index in [9.17, 15) is 22.4 Å². The molecule has 0 saturated heterocycles. The Morgan fingerprint density at radius 1 is 1.24 bits per heavy atom. The Balaban J connectivity index is 2.01. The number of nitrogens with zero attached hydrogens (tertiary/aromatic N) is 2. The Morgan fingerprint density at radius 2 is 1.96 bits per heavy atom. The van der Waals surface area contributed by atoms with Crippen molar-refractivity contribution in [2.24, 2.45) is 10.9 Å². The van der Waals surface area contributed by atoms with Crippen LogP contribution >= 0.6 is 0 Å². The predicted molar refractivity (Wildman–Crippen MR) is 83.2 cm³/mol. The monoisotopic (exact) mass is 352 g/mol. The lowest BCUT2D eigenvalue weighted by Crippen LogP contribution is -2.23. The highest BCUT2D eigenvalue weighted by molar-refractivity contribution is 5.95. The molecule has 0 unspecified atom stereocenters. The van der Waals surface area contributed by atoms with E-state index in [1.807, 2.05) is 13.1 Å². The van der Waals surface area contributed by atoms with Crippen molar-refractivity contribution in [2.75, 3.05) is 0 Å². The molecular weight excluding hydrogens is 336 g/mol. The van der Waals surface area contributed by atoms with Crippen LogP contribution in [0.25, 0.3) is 0 Å². The van der Waals surface area contributed by atoms with Crippen LogP contribution < -0.4 is 5.49 Å². The number of amides is 1. The van der Waals surface area contributed by atoms with E-state index in [1.54, 1.807) is 16.7 Å². The Labute approximate surface area is 141 Å². The van der Waals surface area contributed by atoms with Crippen LogP contribution in [0.5, 0.6) is 0 Å². The van der Waals surface area contributed by atoms with Crippen LogP contribution in [-0.2, 0) is 12.7 Å². The minimum Gasteiger partial charge on any atom is -0.332 e. The second-order valence-corrected chi connectivity index (χ2v) is 6.24.